The summed E-state index contributed by atoms with van der Waals surface area (Å²) < 4.78 is 5.37. The van der Waals surface area contributed by atoms with Gasteiger partial charge in [-0.1, -0.05) is 0 Å². The Kier molecular flexibility index (Phi) is 2.94. The van der Waals surface area contributed by atoms with Crippen LogP contribution < -0.4 is 5.73 Å². The molecule has 4 heteroatoms. The van der Waals surface area contributed by atoms with Gasteiger partial charge < -0.3 is 20.5 Å². The van der Waals surface area contributed by atoms with E-state index in [0.29, 0.717) is 13.2 Å². The van der Waals surface area contributed by atoms with Crippen molar-refractivity contribution >= 4 is 0 Å². The minimum atomic E-state index is -0.665. The van der Waals surface area contributed by atoms with Crippen LogP contribution in [-0.2, 0) is 4.74 Å². The van der Waals surface area contributed by atoms with Crippen molar-refractivity contribution in [3.8, 4) is 0 Å². The van der Waals surface area contributed by atoms with Crippen LogP contribution in [0.25, 0.3) is 0 Å². The van der Waals surface area contributed by atoms with E-state index in [0.717, 1.165) is 44.8 Å². The molecule has 0 atom stereocenters. The molecular formula is C13H24N2O2. The molecule has 3 N–H and O–H groups in total. The van der Waals surface area contributed by atoms with Crippen LogP contribution in [0.1, 0.15) is 38.5 Å². The lowest BCUT2D eigenvalue weighted by molar-refractivity contribution is -0.114. The van der Waals surface area contributed by atoms with Gasteiger partial charge in [0.1, 0.15) is 0 Å². The van der Waals surface area contributed by atoms with Gasteiger partial charge in [-0.15, -0.1) is 0 Å². The Bertz CT molecular complexity index is 277. The van der Waals surface area contributed by atoms with Gasteiger partial charge in [0.25, 0.3) is 0 Å². The summed E-state index contributed by atoms with van der Waals surface area (Å²) in [7, 11) is 0. The molecule has 0 aromatic carbocycles. The van der Waals surface area contributed by atoms with Crippen LogP contribution in [0.2, 0.25) is 0 Å². The Morgan fingerprint density at radius 1 is 1.06 bits per heavy atom. The van der Waals surface area contributed by atoms with E-state index < -0.39 is 11.1 Å². The third-order valence-corrected chi connectivity index (χ3v) is 5.00. The van der Waals surface area contributed by atoms with Gasteiger partial charge in [-0.3, -0.25) is 0 Å². The highest BCUT2D eigenvalue weighted by atomic mass is 16.5. The van der Waals surface area contributed by atoms with Crippen molar-refractivity contribution in [1.29, 1.82) is 0 Å². The van der Waals surface area contributed by atoms with E-state index in [1.807, 2.05) is 0 Å². The third kappa shape index (κ3) is 2.12. The first kappa shape index (κ1) is 11.9. The zero-order valence-corrected chi connectivity index (χ0v) is 10.5. The number of hydrogen-bond donors (Lipinski definition) is 2. The van der Waals surface area contributed by atoms with Crippen molar-refractivity contribution in [3.05, 3.63) is 0 Å². The Morgan fingerprint density at radius 2 is 1.65 bits per heavy atom. The maximum Gasteiger partial charge on any atom is 0.0852 e. The monoisotopic (exact) mass is 240 g/mol. The first-order valence-electron chi connectivity index (χ1n) is 6.96. The molecule has 17 heavy (non-hydrogen) atoms. The lowest BCUT2D eigenvalue weighted by Gasteiger charge is -2.50. The number of aliphatic hydroxyl groups is 1. The zero-order valence-electron chi connectivity index (χ0n) is 10.5. The molecule has 0 spiro atoms. The first-order valence-corrected chi connectivity index (χ1v) is 6.96. The van der Waals surface area contributed by atoms with Gasteiger partial charge in [-0.05, 0) is 38.5 Å². The van der Waals surface area contributed by atoms with Crippen LogP contribution in [0.5, 0.6) is 0 Å². The molecule has 0 amide bonds. The molecule has 98 valence electrons. The van der Waals surface area contributed by atoms with Gasteiger partial charge >= 0.3 is 0 Å². The number of piperidine rings is 1. The van der Waals surface area contributed by atoms with Crippen molar-refractivity contribution in [2.24, 2.45) is 5.73 Å². The second-order valence-electron chi connectivity index (χ2n) is 6.07. The maximum atomic E-state index is 10.9. The average Bonchev–Trinajstić information content (AvgIpc) is 3.15. The highest BCUT2D eigenvalue weighted by Crippen LogP contribution is 2.40. The number of ether oxygens (including phenoxy) is 1. The van der Waals surface area contributed by atoms with E-state index >= 15 is 0 Å². The van der Waals surface area contributed by atoms with Gasteiger partial charge in [0.2, 0.25) is 0 Å². The lowest BCUT2D eigenvalue weighted by atomic mass is 9.70. The molecule has 4 nitrogen and oxygen atoms in total. The SMILES string of the molecule is NC1(C2(O)CCN(C3CC3)CC2)CCOCC1. The number of likely N-dealkylation sites (tertiary alicyclic amines) is 1. The molecule has 0 bridgehead atoms. The summed E-state index contributed by atoms with van der Waals surface area (Å²) in [6, 6.07) is 0.808. The highest BCUT2D eigenvalue weighted by Gasteiger charge is 2.50. The fourth-order valence-corrected chi connectivity index (χ4v) is 3.40. The predicted molar refractivity (Wildman–Crippen MR) is 65.8 cm³/mol. The summed E-state index contributed by atoms with van der Waals surface area (Å²) in [6.45, 7) is 3.43. The van der Waals surface area contributed by atoms with E-state index in [9.17, 15) is 5.11 Å². The third-order valence-electron chi connectivity index (χ3n) is 5.00. The van der Waals surface area contributed by atoms with Crippen LogP contribution in [0, 0.1) is 0 Å². The standard InChI is InChI=1S/C13H24N2O2/c14-12(5-9-17-10-6-12)13(16)3-7-15(8-4-13)11-1-2-11/h11,16H,1-10,14H2. The summed E-state index contributed by atoms with van der Waals surface area (Å²) >= 11 is 0. The van der Waals surface area contributed by atoms with Gasteiger partial charge in [-0.25, -0.2) is 0 Å². The van der Waals surface area contributed by atoms with Crippen molar-refractivity contribution in [1.82, 2.24) is 4.90 Å². The van der Waals surface area contributed by atoms with E-state index in [1.165, 1.54) is 12.8 Å². The Hall–Kier alpha value is -0.160. The molecule has 2 heterocycles. The second-order valence-corrected chi connectivity index (χ2v) is 6.07. The van der Waals surface area contributed by atoms with E-state index in [-0.39, 0.29) is 0 Å². The number of nitrogens with zero attached hydrogens (tertiary/aromatic N) is 1. The number of hydrogen-bond acceptors (Lipinski definition) is 4. The average molecular weight is 240 g/mol. The van der Waals surface area contributed by atoms with Crippen molar-refractivity contribution in [2.75, 3.05) is 26.3 Å². The second kappa shape index (κ2) is 4.19. The minimum Gasteiger partial charge on any atom is -0.388 e. The topological polar surface area (TPSA) is 58.7 Å². The molecule has 3 fully saturated rings. The van der Waals surface area contributed by atoms with Crippen molar-refractivity contribution in [3.63, 3.8) is 0 Å². The molecule has 3 rings (SSSR count). The zero-order chi connectivity index (χ0) is 11.9. The fourth-order valence-electron chi connectivity index (χ4n) is 3.40. The van der Waals surface area contributed by atoms with Crippen LogP contribution in [0.3, 0.4) is 0 Å². The summed E-state index contributed by atoms with van der Waals surface area (Å²) in [5.41, 5.74) is 5.38. The lowest BCUT2D eigenvalue weighted by Crippen LogP contribution is -2.66. The van der Waals surface area contributed by atoms with Crippen LogP contribution in [0.4, 0.5) is 0 Å². The number of rotatable bonds is 2. The summed E-state index contributed by atoms with van der Waals surface area (Å²) in [6.07, 6.45) is 5.96. The summed E-state index contributed by atoms with van der Waals surface area (Å²) in [4.78, 5) is 2.52. The molecule has 0 aromatic rings. The molecule has 0 aromatic heterocycles. The molecule has 2 saturated heterocycles. The molecule has 0 unspecified atom stereocenters. The van der Waals surface area contributed by atoms with Gasteiger partial charge in [-0.2, -0.15) is 0 Å². The maximum absolute atomic E-state index is 10.9. The quantitative estimate of drug-likeness (QED) is 0.737. The van der Waals surface area contributed by atoms with E-state index in [4.69, 9.17) is 10.5 Å². The summed E-state index contributed by atoms with van der Waals surface area (Å²) in [5.74, 6) is 0. The fraction of sp³-hybridized carbons (Fsp3) is 1.00. The Morgan fingerprint density at radius 3 is 2.18 bits per heavy atom. The summed E-state index contributed by atoms with van der Waals surface area (Å²) in [5, 5.41) is 10.9. The molecular weight excluding hydrogens is 216 g/mol. The van der Waals surface area contributed by atoms with Crippen LogP contribution in [-0.4, -0.2) is 53.5 Å². The first-order chi connectivity index (χ1) is 8.13. The number of nitrogens with two attached hydrogens (primary N) is 1. The van der Waals surface area contributed by atoms with E-state index in [1.54, 1.807) is 0 Å². The Labute approximate surface area is 103 Å². The van der Waals surface area contributed by atoms with Gasteiger partial charge in [0.05, 0.1) is 5.60 Å². The normalized spacial score (nSPS) is 33.5. The molecule has 2 aliphatic heterocycles. The minimum absolute atomic E-state index is 0.416. The van der Waals surface area contributed by atoms with Crippen molar-refractivity contribution in [2.45, 2.75) is 55.7 Å². The highest BCUT2D eigenvalue weighted by molar-refractivity contribution is 5.07. The van der Waals surface area contributed by atoms with E-state index in [2.05, 4.69) is 4.90 Å². The molecule has 1 saturated carbocycles. The molecule has 1 aliphatic carbocycles. The molecule has 0 radical (unpaired) electrons. The van der Waals surface area contributed by atoms with Gasteiger partial charge in [0, 0.05) is 37.9 Å². The van der Waals surface area contributed by atoms with Crippen molar-refractivity contribution < 1.29 is 9.84 Å². The van der Waals surface area contributed by atoms with Crippen LogP contribution >= 0.6 is 0 Å². The molecule has 3 aliphatic rings. The van der Waals surface area contributed by atoms with Crippen LogP contribution in [0.15, 0.2) is 0 Å². The Balaban J connectivity index is 1.65. The smallest absolute Gasteiger partial charge is 0.0852 e. The largest absolute Gasteiger partial charge is 0.388 e. The predicted octanol–water partition coefficient (Wildman–Crippen LogP) is 0.484. The van der Waals surface area contributed by atoms with Gasteiger partial charge in [0.15, 0.2) is 0 Å².